The summed E-state index contributed by atoms with van der Waals surface area (Å²) in [4.78, 5) is 28.9. The summed E-state index contributed by atoms with van der Waals surface area (Å²) < 4.78 is 2.51. The zero-order valence-corrected chi connectivity index (χ0v) is 16.4. The predicted octanol–water partition coefficient (Wildman–Crippen LogP) is 4.03. The molecule has 0 bridgehead atoms. The fourth-order valence-electron chi connectivity index (χ4n) is 2.33. The minimum atomic E-state index is -0.244. The van der Waals surface area contributed by atoms with Crippen molar-refractivity contribution in [2.24, 2.45) is 0 Å². The van der Waals surface area contributed by atoms with Crippen LogP contribution in [-0.2, 0) is 4.79 Å². The highest BCUT2D eigenvalue weighted by Gasteiger charge is 2.11. The Morgan fingerprint density at radius 3 is 2.73 bits per heavy atom. The molecule has 0 aliphatic carbocycles. The second-order valence-corrected chi connectivity index (χ2v) is 7.36. The first-order valence-corrected chi connectivity index (χ1v) is 9.64. The van der Waals surface area contributed by atoms with Gasteiger partial charge in [0.25, 0.3) is 5.56 Å². The molecule has 3 aromatic rings. The number of nitrogens with one attached hydrogen (secondary N) is 1. The summed E-state index contributed by atoms with van der Waals surface area (Å²) >= 11 is 4.58. The number of anilines is 1. The molecule has 1 aromatic heterocycles. The van der Waals surface area contributed by atoms with Gasteiger partial charge in [-0.05, 0) is 42.8 Å². The van der Waals surface area contributed by atoms with Crippen LogP contribution in [0.5, 0.6) is 0 Å². The van der Waals surface area contributed by atoms with Crippen molar-refractivity contribution in [1.29, 1.82) is 0 Å². The largest absolute Gasteiger partial charge is 0.325 e. The van der Waals surface area contributed by atoms with Gasteiger partial charge in [-0.3, -0.25) is 14.2 Å². The van der Waals surface area contributed by atoms with Crippen LogP contribution in [0.25, 0.3) is 5.69 Å². The van der Waals surface area contributed by atoms with Crippen LogP contribution in [0.15, 0.2) is 75.2 Å². The van der Waals surface area contributed by atoms with Crippen molar-refractivity contribution in [3.8, 4) is 5.69 Å². The van der Waals surface area contributed by atoms with E-state index in [0.29, 0.717) is 0 Å². The zero-order valence-electron chi connectivity index (χ0n) is 14.0. The molecule has 0 saturated carbocycles. The standard InChI is InChI=1S/C19H16BrN3O2S/c1-13-11-15(7-8-16(13)20)23-10-9-21-18(19(23)25)26-12-17(24)22-14-5-3-2-4-6-14/h2-11H,12H2,1H3,(H,22,24). The number of halogens is 1. The van der Waals surface area contributed by atoms with Gasteiger partial charge < -0.3 is 5.32 Å². The summed E-state index contributed by atoms with van der Waals surface area (Å²) in [6.07, 6.45) is 3.19. The molecule has 3 rings (SSSR count). The fraction of sp³-hybridized carbons (Fsp3) is 0.105. The van der Waals surface area contributed by atoms with Crippen molar-refractivity contribution < 1.29 is 4.79 Å². The van der Waals surface area contributed by atoms with Crippen LogP contribution >= 0.6 is 27.7 Å². The number of aromatic nitrogens is 2. The number of carbonyl (C=O) groups excluding carboxylic acids is 1. The molecular formula is C19H16BrN3O2S. The SMILES string of the molecule is Cc1cc(-n2ccnc(SCC(=O)Nc3ccccc3)c2=O)ccc1Br. The van der Waals surface area contributed by atoms with Gasteiger partial charge in [0.1, 0.15) is 0 Å². The van der Waals surface area contributed by atoms with Crippen LogP contribution in [0.1, 0.15) is 5.56 Å². The molecule has 1 amide bonds. The molecule has 1 heterocycles. The van der Waals surface area contributed by atoms with Gasteiger partial charge >= 0.3 is 0 Å². The first-order valence-electron chi connectivity index (χ1n) is 7.86. The van der Waals surface area contributed by atoms with Crippen molar-refractivity contribution in [1.82, 2.24) is 9.55 Å². The summed E-state index contributed by atoms with van der Waals surface area (Å²) in [6, 6.07) is 14.9. The van der Waals surface area contributed by atoms with E-state index in [1.807, 2.05) is 55.5 Å². The van der Waals surface area contributed by atoms with E-state index in [1.165, 1.54) is 4.57 Å². The van der Waals surface area contributed by atoms with Crippen LogP contribution in [-0.4, -0.2) is 21.2 Å². The Morgan fingerprint density at radius 2 is 2.00 bits per heavy atom. The second-order valence-electron chi connectivity index (χ2n) is 5.54. The first kappa shape index (κ1) is 18.4. The molecule has 0 aliphatic rings. The number of aryl methyl sites for hydroxylation is 1. The number of benzene rings is 2. The Kier molecular flexibility index (Phi) is 5.90. The highest BCUT2D eigenvalue weighted by molar-refractivity contribution is 9.10. The van der Waals surface area contributed by atoms with Gasteiger partial charge in [0.05, 0.1) is 5.75 Å². The lowest BCUT2D eigenvalue weighted by Crippen LogP contribution is -2.22. The molecule has 0 atom stereocenters. The van der Waals surface area contributed by atoms with Gasteiger partial charge in [0.2, 0.25) is 5.91 Å². The first-order chi connectivity index (χ1) is 12.5. The Hall–Kier alpha value is -2.38. The van der Waals surface area contributed by atoms with Crippen LogP contribution < -0.4 is 10.9 Å². The molecule has 7 heteroatoms. The van der Waals surface area contributed by atoms with Gasteiger partial charge in [0.15, 0.2) is 5.03 Å². The van der Waals surface area contributed by atoms with Crippen molar-refractivity contribution in [3.63, 3.8) is 0 Å². The van der Waals surface area contributed by atoms with E-state index < -0.39 is 0 Å². The summed E-state index contributed by atoms with van der Waals surface area (Å²) in [5, 5.41) is 3.08. The molecule has 132 valence electrons. The smallest absolute Gasteiger partial charge is 0.287 e. The monoisotopic (exact) mass is 429 g/mol. The summed E-state index contributed by atoms with van der Waals surface area (Å²) in [5.74, 6) is -0.0714. The molecule has 5 nitrogen and oxygen atoms in total. The highest BCUT2D eigenvalue weighted by atomic mass is 79.9. The van der Waals surface area contributed by atoms with Crippen LogP contribution in [0, 0.1) is 6.92 Å². The maximum absolute atomic E-state index is 12.7. The molecule has 0 fully saturated rings. The number of hydrogen-bond donors (Lipinski definition) is 1. The number of amides is 1. The maximum atomic E-state index is 12.7. The topological polar surface area (TPSA) is 64.0 Å². The van der Waals surface area contributed by atoms with Crippen LogP contribution in [0.2, 0.25) is 0 Å². The van der Waals surface area contributed by atoms with E-state index in [-0.39, 0.29) is 22.2 Å². The summed E-state index contributed by atoms with van der Waals surface area (Å²) in [5.41, 5.74) is 2.27. The quantitative estimate of drug-likeness (QED) is 0.621. The summed E-state index contributed by atoms with van der Waals surface area (Å²) in [7, 11) is 0. The molecule has 0 saturated heterocycles. The van der Waals surface area contributed by atoms with Crippen molar-refractivity contribution >= 4 is 39.3 Å². The number of carbonyl (C=O) groups is 1. The lowest BCUT2D eigenvalue weighted by molar-refractivity contribution is -0.113. The Balaban J connectivity index is 1.74. The van der Waals surface area contributed by atoms with Crippen molar-refractivity contribution in [2.45, 2.75) is 11.9 Å². The minimum Gasteiger partial charge on any atom is -0.325 e. The average Bonchev–Trinajstić information content (AvgIpc) is 2.64. The van der Waals surface area contributed by atoms with E-state index in [9.17, 15) is 9.59 Å². The van der Waals surface area contributed by atoms with Gasteiger partial charge in [-0.25, -0.2) is 4.98 Å². The number of nitrogens with zero attached hydrogens (tertiary/aromatic N) is 2. The van der Waals surface area contributed by atoms with Gasteiger partial charge in [-0.15, -0.1) is 0 Å². The van der Waals surface area contributed by atoms with E-state index in [2.05, 4.69) is 26.2 Å². The number of rotatable bonds is 5. The number of hydrogen-bond acceptors (Lipinski definition) is 4. The van der Waals surface area contributed by atoms with E-state index >= 15 is 0 Å². The molecule has 2 aromatic carbocycles. The van der Waals surface area contributed by atoms with Crippen molar-refractivity contribution in [3.05, 3.63) is 81.3 Å². The maximum Gasteiger partial charge on any atom is 0.287 e. The molecule has 0 spiro atoms. The van der Waals surface area contributed by atoms with E-state index in [0.717, 1.165) is 33.2 Å². The van der Waals surface area contributed by atoms with Gasteiger partial charge in [-0.2, -0.15) is 0 Å². The Labute approximate surface area is 163 Å². The average molecular weight is 430 g/mol. The number of para-hydroxylation sites is 1. The molecule has 0 unspecified atom stereocenters. The minimum absolute atomic E-state index is 0.112. The van der Waals surface area contributed by atoms with Crippen molar-refractivity contribution in [2.75, 3.05) is 11.1 Å². The molecule has 0 radical (unpaired) electrons. The molecule has 26 heavy (non-hydrogen) atoms. The van der Waals surface area contributed by atoms with Crippen LogP contribution in [0.3, 0.4) is 0 Å². The Bertz CT molecular complexity index is 990. The van der Waals surface area contributed by atoms with E-state index in [4.69, 9.17) is 0 Å². The van der Waals surface area contributed by atoms with Crippen LogP contribution in [0.4, 0.5) is 5.69 Å². The molecule has 1 N–H and O–H groups in total. The highest BCUT2D eigenvalue weighted by Crippen LogP contribution is 2.19. The summed E-state index contributed by atoms with van der Waals surface area (Å²) in [6.45, 7) is 1.96. The molecular weight excluding hydrogens is 414 g/mol. The third-order valence-corrected chi connectivity index (χ3v) is 5.48. The fourth-order valence-corrected chi connectivity index (χ4v) is 3.27. The normalized spacial score (nSPS) is 10.5. The Morgan fingerprint density at radius 1 is 1.23 bits per heavy atom. The lowest BCUT2D eigenvalue weighted by atomic mass is 10.2. The zero-order chi connectivity index (χ0) is 18.5. The lowest BCUT2D eigenvalue weighted by Gasteiger charge is -2.09. The molecule has 0 aliphatic heterocycles. The number of thioether (sulfide) groups is 1. The second kappa shape index (κ2) is 8.33. The third-order valence-electron chi connectivity index (χ3n) is 3.63. The van der Waals surface area contributed by atoms with Gasteiger partial charge in [-0.1, -0.05) is 45.9 Å². The predicted molar refractivity (Wildman–Crippen MR) is 108 cm³/mol. The third kappa shape index (κ3) is 4.42. The van der Waals surface area contributed by atoms with Gasteiger partial charge in [0, 0.05) is 28.2 Å². The van der Waals surface area contributed by atoms with E-state index in [1.54, 1.807) is 12.4 Å².